The number of thiophene rings is 1. The average Bonchev–Trinajstić information content (AvgIpc) is 3.15. The highest BCUT2D eigenvalue weighted by Crippen LogP contribution is 2.39. The van der Waals surface area contributed by atoms with Crippen LogP contribution in [0.2, 0.25) is 5.02 Å². The van der Waals surface area contributed by atoms with Crippen LogP contribution in [0.3, 0.4) is 0 Å². The Kier molecular flexibility index (Phi) is 5.54. The summed E-state index contributed by atoms with van der Waals surface area (Å²) in [5.74, 6) is -0.556. The number of anilines is 1. The van der Waals surface area contributed by atoms with Gasteiger partial charge in [0.1, 0.15) is 28.8 Å². The van der Waals surface area contributed by atoms with Crippen LogP contribution in [0, 0.1) is 5.82 Å². The highest BCUT2D eigenvalue weighted by molar-refractivity contribution is 7.19. The van der Waals surface area contributed by atoms with Crippen molar-refractivity contribution in [3.8, 4) is 0 Å². The van der Waals surface area contributed by atoms with Gasteiger partial charge in [0.15, 0.2) is 0 Å². The summed E-state index contributed by atoms with van der Waals surface area (Å²) >= 11 is 7.68. The summed E-state index contributed by atoms with van der Waals surface area (Å²) < 4.78 is 13.6. The van der Waals surface area contributed by atoms with Crippen molar-refractivity contribution in [2.45, 2.75) is 31.7 Å². The minimum absolute atomic E-state index is 0.0620. The summed E-state index contributed by atoms with van der Waals surface area (Å²) in [4.78, 5) is 27.8. The second-order valence-electron chi connectivity index (χ2n) is 8.03. The van der Waals surface area contributed by atoms with Crippen molar-refractivity contribution < 1.29 is 14.3 Å². The maximum atomic E-state index is 13.6. The molecular weight excluding hydrogens is 439 g/mol. The molecule has 1 aliphatic heterocycles. The third-order valence-corrected chi connectivity index (χ3v) is 7.69. The number of piperazine rings is 1. The number of rotatable bonds is 4. The Bertz CT molecular complexity index is 1150. The van der Waals surface area contributed by atoms with E-state index < -0.39 is 17.8 Å². The van der Waals surface area contributed by atoms with E-state index in [1.54, 1.807) is 17.7 Å². The molecule has 1 N–H and O–H groups in total. The van der Waals surface area contributed by atoms with Gasteiger partial charge in [-0.3, -0.25) is 9.69 Å². The van der Waals surface area contributed by atoms with Gasteiger partial charge in [-0.15, -0.1) is 11.3 Å². The molecule has 1 aliphatic carbocycles. The first-order valence-electron chi connectivity index (χ1n) is 10.4. The van der Waals surface area contributed by atoms with E-state index in [0.717, 1.165) is 23.5 Å². The lowest BCUT2D eigenvalue weighted by molar-refractivity contribution is -0.143. The van der Waals surface area contributed by atoms with E-state index >= 15 is 0 Å². The Morgan fingerprint density at radius 2 is 1.94 bits per heavy atom. The van der Waals surface area contributed by atoms with E-state index in [-0.39, 0.29) is 5.02 Å². The van der Waals surface area contributed by atoms with E-state index in [4.69, 9.17) is 11.6 Å². The number of aromatic nitrogens is 2. The zero-order valence-corrected chi connectivity index (χ0v) is 18.4. The molecule has 1 saturated heterocycles. The lowest BCUT2D eigenvalue weighted by Gasteiger charge is -2.38. The molecule has 0 bridgehead atoms. The predicted molar refractivity (Wildman–Crippen MR) is 120 cm³/mol. The van der Waals surface area contributed by atoms with Gasteiger partial charge in [0, 0.05) is 31.1 Å². The number of fused-ring (bicyclic) bond motifs is 3. The van der Waals surface area contributed by atoms with Gasteiger partial charge in [0.2, 0.25) is 0 Å². The highest BCUT2D eigenvalue weighted by atomic mass is 35.5. The highest BCUT2D eigenvalue weighted by Gasteiger charge is 2.32. The fourth-order valence-corrected chi connectivity index (χ4v) is 6.11. The molecule has 0 amide bonds. The lowest BCUT2D eigenvalue weighted by atomic mass is 9.97. The van der Waals surface area contributed by atoms with Crippen LogP contribution in [-0.4, -0.2) is 52.1 Å². The fraction of sp³-hybridized carbons (Fsp3) is 0.409. The molecule has 31 heavy (non-hydrogen) atoms. The van der Waals surface area contributed by atoms with Gasteiger partial charge in [-0.05, 0) is 48.9 Å². The number of hydrogen-bond acceptors (Lipinski definition) is 6. The summed E-state index contributed by atoms with van der Waals surface area (Å²) in [5.41, 5.74) is 1.89. The number of aliphatic carboxylic acids is 1. The quantitative estimate of drug-likeness (QED) is 0.625. The van der Waals surface area contributed by atoms with Gasteiger partial charge in [-0.1, -0.05) is 17.7 Å². The summed E-state index contributed by atoms with van der Waals surface area (Å²) in [5, 5.41) is 11.0. The predicted octanol–water partition coefficient (Wildman–Crippen LogP) is 4.31. The number of hydrogen-bond donors (Lipinski definition) is 1. The summed E-state index contributed by atoms with van der Waals surface area (Å²) in [6.07, 6.45) is 6.24. The first-order valence-corrected chi connectivity index (χ1v) is 11.6. The van der Waals surface area contributed by atoms with Crippen molar-refractivity contribution in [1.82, 2.24) is 14.9 Å². The number of nitrogens with zero attached hydrogens (tertiary/aromatic N) is 4. The first-order chi connectivity index (χ1) is 15.0. The van der Waals surface area contributed by atoms with Crippen LogP contribution in [-0.2, 0) is 17.6 Å². The van der Waals surface area contributed by atoms with Crippen LogP contribution in [0.15, 0.2) is 24.5 Å². The molecule has 5 rings (SSSR count). The third-order valence-electron chi connectivity index (χ3n) is 6.20. The molecule has 3 aromatic rings. The molecule has 6 nitrogen and oxygen atoms in total. The van der Waals surface area contributed by atoms with E-state index in [9.17, 15) is 14.3 Å². The van der Waals surface area contributed by atoms with Gasteiger partial charge >= 0.3 is 5.97 Å². The first kappa shape index (κ1) is 20.6. The van der Waals surface area contributed by atoms with Gasteiger partial charge in [-0.2, -0.15) is 0 Å². The summed E-state index contributed by atoms with van der Waals surface area (Å²) in [6, 6.07) is 3.27. The zero-order valence-electron chi connectivity index (χ0n) is 16.9. The Morgan fingerprint density at radius 1 is 1.16 bits per heavy atom. The molecule has 1 fully saturated rings. The van der Waals surface area contributed by atoms with Gasteiger partial charge < -0.3 is 10.0 Å². The minimum Gasteiger partial charge on any atom is -0.480 e. The van der Waals surface area contributed by atoms with E-state index in [1.165, 1.54) is 46.9 Å². The molecule has 3 heterocycles. The smallest absolute Gasteiger partial charge is 0.325 e. The van der Waals surface area contributed by atoms with Crippen LogP contribution in [0.1, 0.15) is 34.9 Å². The van der Waals surface area contributed by atoms with Gasteiger partial charge in [0.05, 0.1) is 10.4 Å². The Balaban J connectivity index is 1.39. The second kappa shape index (κ2) is 8.33. The molecule has 0 saturated carbocycles. The average molecular weight is 461 g/mol. The fourth-order valence-electron chi connectivity index (χ4n) is 4.70. The molecule has 0 spiro atoms. The molecule has 0 radical (unpaired) electrons. The molecule has 2 aliphatic rings. The molecule has 1 atom stereocenters. The van der Waals surface area contributed by atoms with Crippen LogP contribution in [0.25, 0.3) is 10.2 Å². The van der Waals surface area contributed by atoms with E-state index in [1.807, 2.05) is 4.90 Å². The Labute approximate surface area is 188 Å². The third kappa shape index (κ3) is 3.77. The van der Waals surface area contributed by atoms with Gasteiger partial charge in [-0.25, -0.2) is 14.4 Å². The molecular formula is C22H22ClFN4O2S. The van der Waals surface area contributed by atoms with Crippen molar-refractivity contribution in [3.05, 3.63) is 51.4 Å². The number of benzene rings is 1. The largest absolute Gasteiger partial charge is 0.480 e. The number of carboxylic acids is 1. The van der Waals surface area contributed by atoms with Crippen LogP contribution >= 0.6 is 22.9 Å². The van der Waals surface area contributed by atoms with Crippen molar-refractivity contribution in [2.24, 2.45) is 0 Å². The van der Waals surface area contributed by atoms with Gasteiger partial charge in [0.25, 0.3) is 0 Å². The number of halogens is 2. The minimum atomic E-state index is -0.965. The van der Waals surface area contributed by atoms with E-state index in [2.05, 4.69) is 14.9 Å². The molecule has 162 valence electrons. The monoisotopic (exact) mass is 460 g/mol. The second-order valence-corrected chi connectivity index (χ2v) is 9.52. The SMILES string of the molecule is O=C(O)C(c1ccc(F)c(Cl)c1)N1CCN(c2ncnc3sc4c(c23)CCCC4)CC1. The number of aryl methyl sites for hydroxylation is 2. The molecule has 2 aromatic heterocycles. The lowest BCUT2D eigenvalue weighted by Crippen LogP contribution is -2.49. The zero-order chi connectivity index (χ0) is 21.5. The normalized spacial score (nSPS) is 18.2. The van der Waals surface area contributed by atoms with Crippen molar-refractivity contribution in [2.75, 3.05) is 31.1 Å². The van der Waals surface area contributed by atoms with Crippen LogP contribution < -0.4 is 4.90 Å². The Hall–Kier alpha value is -2.29. The maximum Gasteiger partial charge on any atom is 0.325 e. The number of carbonyl (C=O) groups is 1. The maximum absolute atomic E-state index is 13.6. The van der Waals surface area contributed by atoms with Crippen LogP contribution in [0.4, 0.5) is 10.2 Å². The van der Waals surface area contributed by atoms with Crippen molar-refractivity contribution >= 4 is 44.9 Å². The molecule has 1 aromatic carbocycles. The Morgan fingerprint density at radius 3 is 2.68 bits per heavy atom. The van der Waals surface area contributed by atoms with Crippen LogP contribution in [0.5, 0.6) is 0 Å². The molecule has 9 heteroatoms. The summed E-state index contributed by atoms with van der Waals surface area (Å²) in [7, 11) is 0. The standard InChI is InChI=1S/C22H22ClFN4O2S/c23-15-11-13(5-6-16(15)24)19(22(29)30)27-7-9-28(10-8-27)20-18-14-3-1-2-4-17(14)31-21(18)26-12-25-20/h5-6,11-12,19H,1-4,7-10H2,(H,29,30). The summed E-state index contributed by atoms with van der Waals surface area (Å²) in [6.45, 7) is 2.44. The van der Waals surface area contributed by atoms with Crippen molar-refractivity contribution in [1.29, 1.82) is 0 Å². The molecule has 1 unspecified atom stereocenters. The van der Waals surface area contributed by atoms with E-state index in [0.29, 0.717) is 31.7 Å². The van der Waals surface area contributed by atoms with Crippen molar-refractivity contribution in [3.63, 3.8) is 0 Å². The topological polar surface area (TPSA) is 69.6 Å². The number of carboxylic acid groups (broad SMARTS) is 1.